The molecule has 0 atom stereocenters. The molecule has 0 saturated carbocycles. The van der Waals surface area contributed by atoms with Crippen LogP contribution < -0.4 is 16.0 Å². The molecule has 0 aliphatic heterocycles. The second-order valence-electron chi connectivity index (χ2n) is 4.46. The lowest BCUT2D eigenvalue weighted by Gasteiger charge is -2.08. The lowest BCUT2D eigenvalue weighted by atomic mass is 10.3. The largest absolute Gasteiger partial charge is 0.355 e. The third-order valence-corrected chi connectivity index (χ3v) is 2.72. The van der Waals surface area contributed by atoms with E-state index in [-0.39, 0.29) is 12.5 Å². The van der Waals surface area contributed by atoms with Gasteiger partial charge in [-0.25, -0.2) is 9.48 Å². The van der Waals surface area contributed by atoms with Crippen molar-refractivity contribution in [3.63, 3.8) is 0 Å². The zero-order chi connectivity index (χ0) is 15.8. The molecule has 3 N–H and O–H groups in total. The summed E-state index contributed by atoms with van der Waals surface area (Å²) in [6, 6.07) is 6.52. The first kappa shape index (κ1) is 15.4. The molecule has 0 spiro atoms. The Labute approximate surface area is 127 Å². The molecular formula is C13H17N7O2. The average molecular weight is 303 g/mol. The molecule has 2 aromatic rings. The number of hydrogen-bond acceptors (Lipinski definition) is 5. The fourth-order valence-corrected chi connectivity index (χ4v) is 1.64. The summed E-state index contributed by atoms with van der Waals surface area (Å²) in [5.74, 6) is -0.217. The molecule has 1 aromatic carbocycles. The first-order valence-corrected chi connectivity index (χ1v) is 6.84. The molecule has 0 aliphatic rings. The summed E-state index contributed by atoms with van der Waals surface area (Å²) in [4.78, 5) is 23.0. The highest BCUT2D eigenvalue weighted by Gasteiger charge is 2.05. The van der Waals surface area contributed by atoms with Gasteiger partial charge in [-0.1, -0.05) is 6.92 Å². The number of nitrogens with one attached hydrogen (secondary N) is 3. The molecule has 9 nitrogen and oxygen atoms in total. The number of amides is 3. The topological polar surface area (TPSA) is 114 Å². The van der Waals surface area contributed by atoms with E-state index in [1.54, 1.807) is 24.3 Å². The number of rotatable bonds is 6. The van der Waals surface area contributed by atoms with E-state index < -0.39 is 6.03 Å². The summed E-state index contributed by atoms with van der Waals surface area (Å²) in [5, 5.41) is 18.6. The quantitative estimate of drug-likeness (QED) is 0.710. The van der Waals surface area contributed by atoms with Crippen LogP contribution in [-0.4, -0.2) is 45.2 Å². The molecule has 0 unspecified atom stereocenters. The minimum atomic E-state index is -0.443. The molecule has 0 saturated heterocycles. The van der Waals surface area contributed by atoms with Crippen LogP contribution in [-0.2, 0) is 4.79 Å². The van der Waals surface area contributed by atoms with E-state index in [9.17, 15) is 9.59 Å². The first-order chi connectivity index (χ1) is 10.7. The van der Waals surface area contributed by atoms with Crippen LogP contribution in [0.15, 0.2) is 30.6 Å². The summed E-state index contributed by atoms with van der Waals surface area (Å²) < 4.78 is 1.50. The van der Waals surface area contributed by atoms with Crippen molar-refractivity contribution in [3.05, 3.63) is 30.6 Å². The molecular weight excluding hydrogens is 286 g/mol. The van der Waals surface area contributed by atoms with Gasteiger partial charge < -0.3 is 16.0 Å². The lowest BCUT2D eigenvalue weighted by molar-refractivity contribution is -0.120. The SMILES string of the molecule is CCCNC(=O)CNC(=O)Nc1ccc(-n2cnnn2)cc1. The van der Waals surface area contributed by atoms with E-state index in [0.29, 0.717) is 12.2 Å². The third kappa shape index (κ3) is 4.54. The molecule has 22 heavy (non-hydrogen) atoms. The Bertz CT molecular complexity index is 610. The predicted octanol–water partition coefficient (Wildman–Crippen LogP) is 0.310. The second-order valence-corrected chi connectivity index (χ2v) is 4.46. The lowest BCUT2D eigenvalue weighted by Crippen LogP contribution is -2.39. The molecule has 0 radical (unpaired) electrons. The zero-order valence-electron chi connectivity index (χ0n) is 12.1. The fourth-order valence-electron chi connectivity index (χ4n) is 1.64. The maximum absolute atomic E-state index is 11.7. The first-order valence-electron chi connectivity index (χ1n) is 6.84. The Morgan fingerprint density at radius 2 is 1.95 bits per heavy atom. The summed E-state index contributed by atoms with van der Waals surface area (Å²) >= 11 is 0. The standard InChI is InChI=1S/C13H17N7O2/c1-2-7-14-12(21)8-15-13(22)17-10-3-5-11(6-4-10)20-9-16-18-19-20/h3-6,9H,2,7-8H2,1H3,(H,14,21)(H2,15,17,22). The summed E-state index contributed by atoms with van der Waals surface area (Å²) in [6.45, 7) is 2.49. The molecule has 1 heterocycles. The highest BCUT2D eigenvalue weighted by atomic mass is 16.2. The Kier molecular flexibility index (Phi) is 5.41. The average Bonchev–Trinajstić information content (AvgIpc) is 3.06. The van der Waals surface area contributed by atoms with Crippen molar-refractivity contribution in [3.8, 4) is 5.69 Å². The van der Waals surface area contributed by atoms with Crippen LogP contribution in [0.5, 0.6) is 0 Å². The van der Waals surface area contributed by atoms with E-state index >= 15 is 0 Å². The molecule has 0 fully saturated rings. The van der Waals surface area contributed by atoms with E-state index in [2.05, 4.69) is 31.5 Å². The highest BCUT2D eigenvalue weighted by molar-refractivity contribution is 5.92. The van der Waals surface area contributed by atoms with E-state index in [0.717, 1.165) is 12.1 Å². The van der Waals surface area contributed by atoms with Gasteiger partial charge in [0.15, 0.2) is 0 Å². The maximum Gasteiger partial charge on any atom is 0.319 e. The smallest absolute Gasteiger partial charge is 0.319 e. The number of benzene rings is 1. The number of tetrazole rings is 1. The zero-order valence-corrected chi connectivity index (χ0v) is 12.1. The van der Waals surface area contributed by atoms with Gasteiger partial charge in [-0.05, 0) is 41.1 Å². The minimum Gasteiger partial charge on any atom is -0.355 e. The molecule has 3 amide bonds. The Morgan fingerprint density at radius 1 is 1.18 bits per heavy atom. The van der Waals surface area contributed by atoms with Crippen LogP contribution in [0.1, 0.15) is 13.3 Å². The molecule has 116 valence electrons. The number of carbonyl (C=O) groups excluding carboxylic acids is 2. The number of urea groups is 1. The van der Waals surface area contributed by atoms with Gasteiger partial charge in [0, 0.05) is 12.2 Å². The predicted molar refractivity (Wildman–Crippen MR) is 79.5 cm³/mol. The highest BCUT2D eigenvalue weighted by Crippen LogP contribution is 2.11. The molecule has 0 bridgehead atoms. The van der Waals surface area contributed by atoms with Crippen LogP contribution in [0.4, 0.5) is 10.5 Å². The van der Waals surface area contributed by atoms with Gasteiger partial charge in [-0.15, -0.1) is 5.10 Å². The number of anilines is 1. The van der Waals surface area contributed by atoms with E-state index in [4.69, 9.17) is 0 Å². The van der Waals surface area contributed by atoms with Gasteiger partial charge in [-0.3, -0.25) is 4.79 Å². The minimum absolute atomic E-state index is 0.0610. The van der Waals surface area contributed by atoms with Crippen molar-refractivity contribution in [1.82, 2.24) is 30.8 Å². The van der Waals surface area contributed by atoms with Gasteiger partial charge >= 0.3 is 6.03 Å². The van der Waals surface area contributed by atoms with Crippen LogP contribution >= 0.6 is 0 Å². The summed E-state index contributed by atoms with van der Waals surface area (Å²) in [7, 11) is 0. The monoisotopic (exact) mass is 303 g/mol. The Morgan fingerprint density at radius 3 is 2.59 bits per heavy atom. The van der Waals surface area contributed by atoms with Gasteiger partial charge in [0.05, 0.1) is 12.2 Å². The number of aromatic nitrogens is 4. The Balaban J connectivity index is 1.80. The maximum atomic E-state index is 11.7. The molecule has 2 rings (SSSR count). The second kappa shape index (κ2) is 7.72. The van der Waals surface area contributed by atoms with Crippen molar-refractivity contribution < 1.29 is 9.59 Å². The van der Waals surface area contributed by atoms with Crippen molar-refractivity contribution in [1.29, 1.82) is 0 Å². The number of nitrogens with zero attached hydrogens (tertiary/aromatic N) is 4. The number of hydrogen-bond donors (Lipinski definition) is 3. The normalized spacial score (nSPS) is 10.0. The van der Waals surface area contributed by atoms with Crippen LogP contribution in [0.25, 0.3) is 5.69 Å². The summed E-state index contributed by atoms with van der Waals surface area (Å²) in [6.07, 6.45) is 2.33. The molecule has 9 heteroatoms. The van der Waals surface area contributed by atoms with Crippen LogP contribution in [0.3, 0.4) is 0 Å². The van der Waals surface area contributed by atoms with Crippen molar-refractivity contribution >= 4 is 17.6 Å². The van der Waals surface area contributed by atoms with Crippen molar-refractivity contribution in [2.75, 3.05) is 18.4 Å². The Hall–Kier alpha value is -2.97. The van der Waals surface area contributed by atoms with Gasteiger partial charge in [0.2, 0.25) is 5.91 Å². The van der Waals surface area contributed by atoms with Gasteiger partial charge in [0.25, 0.3) is 0 Å². The van der Waals surface area contributed by atoms with Crippen LogP contribution in [0, 0.1) is 0 Å². The molecule has 0 aliphatic carbocycles. The molecule has 1 aromatic heterocycles. The number of carbonyl (C=O) groups is 2. The summed E-state index contributed by atoms with van der Waals surface area (Å²) in [5.41, 5.74) is 1.37. The van der Waals surface area contributed by atoms with Crippen LogP contribution in [0.2, 0.25) is 0 Å². The third-order valence-electron chi connectivity index (χ3n) is 2.72. The van der Waals surface area contributed by atoms with Crippen molar-refractivity contribution in [2.45, 2.75) is 13.3 Å². The van der Waals surface area contributed by atoms with E-state index in [1.165, 1.54) is 11.0 Å². The fraction of sp³-hybridized carbons (Fsp3) is 0.308. The van der Waals surface area contributed by atoms with Crippen molar-refractivity contribution in [2.24, 2.45) is 0 Å². The van der Waals surface area contributed by atoms with Gasteiger partial charge in [0.1, 0.15) is 6.33 Å². The van der Waals surface area contributed by atoms with E-state index in [1.807, 2.05) is 6.92 Å². The van der Waals surface area contributed by atoms with Gasteiger partial charge in [-0.2, -0.15) is 0 Å².